The van der Waals surface area contributed by atoms with Crippen molar-refractivity contribution in [2.24, 2.45) is 5.92 Å². The van der Waals surface area contributed by atoms with Crippen molar-refractivity contribution in [3.05, 3.63) is 82.3 Å². The molecular weight excluding hydrogens is 430 g/mol. The van der Waals surface area contributed by atoms with Gasteiger partial charge in [0.2, 0.25) is 5.92 Å². The van der Waals surface area contributed by atoms with Crippen LogP contribution in [-0.4, -0.2) is 51.9 Å². The van der Waals surface area contributed by atoms with Gasteiger partial charge in [0.25, 0.3) is 11.5 Å². The molecule has 2 aromatic heterocycles. The highest BCUT2D eigenvalue weighted by Crippen LogP contribution is 2.41. The number of hydrogen-bond acceptors (Lipinski definition) is 6. The zero-order valence-corrected chi connectivity index (χ0v) is 17.8. The first kappa shape index (κ1) is 21.3. The summed E-state index contributed by atoms with van der Waals surface area (Å²) in [6.45, 7) is 1.44. The van der Waals surface area contributed by atoms with Gasteiger partial charge in [0.1, 0.15) is 17.5 Å². The molecule has 3 N–H and O–H groups in total. The maximum absolute atomic E-state index is 12.9. The van der Waals surface area contributed by atoms with E-state index in [4.69, 9.17) is 0 Å². The van der Waals surface area contributed by atoms with Gasteiger partial charge in [-0.15, -0.1) is 0 Å². The molecule has 1 amide bonds. The zero-order chi connectivity index (χ0) is 23.0. The van der Waals surface area contributed by atoms with Crippen LogP contribution in [-0.2, 0) is 0 Å². The molecule has 2 aliphatic heterocycles. The minimum Gasteiger partial charge on any atom is -0.362 e. The molecule has 0 aromatic carbocycles. The molecule has 1 atom stereocenters. The van der Waals surface area contributed by atoms with E-state index in [1.807, 2.05) is 29.5 Å². The maximum atomic E-state index is 12.9. The standard InChI is InChI=1S/C23H24F2N6O2/c24-23(25)8-16(9-23)11-26-10-15-4-5-19-28-17(14-30(19)13-15)12-27-22(33)18-7-21(32)31-6-2-1-3-20(31)29-18/h1-7,13-14,16,19,26,28H,8-12H2,(H,27,33). The predicted octanol–water partition coefficient (Wildman–Crippen LogP) is 1.59. The van der Waals surface area contributed by atoms with Gasteiger partial charge in [0, 0.05) is 49.7 Å². The second-order valence-electron chi connectivity index (χ2n) is 8.61. The molecule has 0 spiro atoms. The molecule has 8 nitrogen and oxygen atoms in total. The van der Waals surface area contributed by atoms with Crippen molar-refractivity contribution in [2.75, 3.05) is 19.6 Å². The Morgan fingerprint density at radius 2 is 2.09 bits per heavy atom. The van der Waals surface area contributed by atoms with Gasteiger partial charge < -0.3 is 20.9 Å². The number of fused-ring (bicyclic) bond motifs is 2. The lowest BCUT2D eigenvalue weighted by molar-refractivity contribution is -0.108. The molecule has 1 unspecified atom stereocenters. The molecule has 10 heteroatoms. The maximum Gasteiger partial charge on any atom is 0.270 e. The summed E-state index contributed by atoms with van der Waals surface area (Å²) in [6, 6.07) is 6.37. The van der Waals surface area contributed by atoms with Crippen LogP contribution in [0.15, 0.2) is 71.1 Å². The van der Waals surface area contributed by atoms with Crippen LogP contribution < -0.4 is 21.5 Å². The van der Waals surface area contributed by atoms with Gasteiger partial charge in [-0.3, -0.25) is 14.0 Å². The summed E-state index contributed by atoms with van der Waals surface area (Å²) in [7, 11) is 0. The van der Waals surface area contributed by atoms with Crippen LogP contribution in [0.1, 0.15) is 23.3 Å². The number of halogens is 2. The van der Waals surface area contributed by atoms with E-state index in [0.29, 0.717) is 18.7 Å². The van der Waals surface area contributed by atoms with Crippen molar-refractivity contribution < 1.29 is 13.6 Å². The molecule has 2 aromatic rings. The summed E-state index contributed by atoms with van der Waals surface area (Å²) in [4.78, 5) is 31.0. The number of alkyl halides is 2. The van der Waals surface area contributed by atoms with Crippen molar-refractivity contribution in [2.45, 2.75) is 24.9 Å². The van der Waals surface area contributed by atoms with Crippen LogP contribution in [0.25, 0.3) is 5.65 Å². The zero-order valence-electron chi connectivity index (χ0n) is 17.8. The molecule has 5 rings (SSSR count). The van der Waals surface area contributed by atoms with E-state index < -0.39 is 11.8 Å². The fraction of sp³-hybridized carbons (Fsp3) is 0.348. The summed E-state index contributed by atoms with van der Waals surface area (Å²) in [5.74, 6) is -2.87. The number of aromatic nitrogens is 2. The SMILES string of the molecule is O=C(NCC1=CN2C=C(CNCC3CC(F)(F)C3)C=CC2N1)c1cc(=O)n2ccccc2n1. The Kier molecular flexibility index (Phi) is 5.45. The molecule has 0 bridgehead atoms. The van der Waals surface area contributed by atoms with Crippen molar-refractivity contribution >= 4 is 11.6 Å². The largest absolute Gasteiger partial charge is 0.362 e. The number of amides is 1. The van der Waals surface area contributed by atoms with Gasteiger partial charge in [-0.2, -0.15) is 0 Å². The van der Waals surface area contributed by atoms with Gasteiger partial charge in [-0.05, 0) is 36.2 Å². The lowest BCUT2D eigenvalue weighted by atomic mass is 9.81. The average Bonchev–Trinajstić information content (AvgIpc) is 3.18. The second kappa shape index (κ2) is 8.43. The highest BCUT2D eigenvalue weighted by molar-refractivity contribution is 5.92. The van der Waals surface area contributed by atoms with Gasteiger partial charge in [0.05, 0.1) is 6.54 Å². The Bertz CT molecular complexity index is 1230. The summed E-state index contributed by atoms with van der Waals surface area (Å²) in [6.07, 6.45) is 9.39. The smallest absolute Gasteiger partial charge is 0.270 e. The molecule has 1 aliphatic carbocycles. The molecule has 0 saturated heterocycles. The minimum atomic E-state index is -2.48. The number of carbonyl (C=O) groups excluding carboxylic acids is 1. The van der Waals surface area contributed by atoms with Gasteiger partial charge >= 0.3 is 0 Å². The third-order valence-electron chi connectivity index (χ3n) is 5.95. The van der Waals surface area contributed by atoms with Crippen LogP contribution in [0, 0.1) is 5.92 Å². The highest BCUT2D eigenvalue weighted by atomic mass is 19.3. The molecule has 33 heavy (non-hydrogen) atoms. The normalized spacial score (nSPS) is 21.2. The highest BCUT2D eigenvalue weighted by Gasteiger charge is 2.44. The first-order valence-electron chi connectivity index (χ1n) is 10.9. The Morgan fingerprint density at radius 1 is 1.24 bits per heavy atom. The Hall–Kier alpha value is -3.53. The topological polar surface area (TPSA) is 90.8 Å². The Labute approximate surface area is 188 Å². The van der Waals surface area contributed by atoms with Gasteiger partial charge in [-0.1, -0.05) is 12.1 Å². The van der Waals surface area contributed by atoms with Gasteiger partial charge in [-0.25, -0.2) is 13.8 Å². The first-order valence-corrected chi connectivity index (χ1v) is 10.9. The average molecular weight is 454 g/mol. The van der Waals surface area contributed by atoms with E-state index in [1.165, 1.54) is 10.5 Å². The summed E-state index contributed by atoms with van der Waals surface area (Å²) in [5.41, 5.74) is 2.02. The molecule has 3 aliphatic rings. The second-order valence-corrected chi connectivity index (χ2v) is 8.61. The number of hydrogen-bond donors (Lipinski definition) is 3. The number of carbonyl (C=O) groups is 1. The predicted molar refractivity (Wildman–Crippen MR) is 118 cm³/mol. The molecule has 4 heterocycles. The van der Waals surface area contributed by atoms with E-state index >= 15 is 0 Å². The van der Waals surface area contributed by atoms with Crippen LogP contribution >= 0.6 is 0 Å². The quantitative estimate of drug-likeness (QED) is 0.589. The molecule has 172 valence electrons. The van der Waals surface area contributed by atoms with Crippen LogP contribution in [0.3, 0.4) is 0 Å². The first-order chi connectivity index (χ1) is 15.9. The summed E-state index contributed by atoms with van der Waals surface area (Å²) < 4.78 is 27.2. The lowest BCUT2D eigenvalue weighted by Crippen LogP contribution is -2.41. The third-order valence-corrected chi connectivity index (χ3v) is 5.95. The van der Waals surface area contributed by atoms with E-state index in [2.05, 4.69) is 20.9 Å². The van der Waals surface area contributed by atoms with Crippen LogP contribution in [0.4, 0.5) is 8.78 Å². The molecule has 1 fully saturated rings. The molecular formula is C23H24F2N6O2. The fourth-order valence-corrected chi connectivity index (χ4v) is 4.26. The number of rotatable bonds is 7. The monoisotopic (exact) mass is 454 g/mol. The lowest BCUT2D eigenvalue weighted by Gasteiger charge is -2.35. The Balaban J connectivity index is 1.14. The summed E-state index contributed by atoms with van der Waals surface area (Å²) in [5, 5.41) is 9.36. The van der Waals surface area contributed by atoms with Crippen LogP contribution in [0.2, 0.25) is 0 Å². The summed E-state index contributed by atoms with van der Waals surface area (Å²) >= 11 is 0. The van der Waals surface area contributed by atoms with Crippen LogP contribution in [0.5, 0.6) is 0 Å². The van der Waals surface area contributed by atoms with E-state index in [1.54, 1.807) is 24.4 Å². The van der Waals surface area contributed by atoms with Crippen molar-refractivity contribution in [1.82, 2.24) is 30.2 Å². The number of nitrogens with zero attached hydrogens (tertiary/aromatic N) is 3. The third kappa shape index (κ3) is 4.65. The minimum absolute atomic E-state index is 0.0332. The molecule has 1 saturated carbocycles. The van der Waals surface area contributed by atoms with Crippen molar-refractivity contribution in [1.29, 1.82) is 0 Å². The van der Waals surface area contributed by atoms with E-state index in [0.717, 1.165) is 11.3 Å². The van der Waals surface area contributed by atoms with Gasteiger partial charge in [0.15, 0.2) is 0 Å². The molecule has 0 radical (unpaired) electrons. The van der Waals surface area contributed by atoms with E-state index in [9.17, 15) is 18.4 Å². The van der Waals surface area contributed by atoms with Crippen molar-refractivity contribution in [3.63, 3.8) is 0 Å². The van der Waals surface area contributed by atoms with Crippen molar-refractivity contribution in [3.8, 4) is 0 Å². The number of nitrogens with one attached hydrogen (secondary N) is 3. The fourth-order valence-electron chi connectivity index (χ4n) is 4.26. The van der Waals surface area contributed by atoms with E-state index in [-0.39, 0.29) is 42.7 Å². The Morgan fingerprint density at radius 3 is 2.91 bits per heavy atom. The number of pyridine rings is 1.